The molecule has 34 heavy (non-hydrogen) atoms. The zero-order valence-corrected chi connectivity index (χ0v) is 22.6. The Kier molecular flexibility index (Phi) is 6.36. The maximum absolute atomic E-state index is 12.8. The van der Waals surface area contributed by atoms with E-state index < -0.39 is 18.3 Å². The highest BCUT2D eigenvalue weighted by molar-refractivity contribution is 5.86. The van der Waals surface area contributed by atoms with E-state index in [-0.39, 0.29) is 21.7 Å². The van der Waals surface area contributed by atoms with Crippen LogP contribution in [0.2, 0.25) is 0 Å². The number of hydrogen-bond donors (Lipinski definition) is 3. The van der Waals surface area contributed by atoms with Crippen molar-refractivity contribution >= 4 is 5.78 Å². The first-order valence-corrected chi connectivity index (χ1v) is 13.6. The molecule has 2 unspecified atom stereocenters. The molecular weight excluding hydrogens is 424 g/mol. The molecule has 4 aliphatic rings. The Morgan fingerprint density at radius 2 is 1.76 bits per heavy atom. The number of rotatable bonds is 6. The normalized spacial score (nSPS) is 42.5. The first-order valence-electron chi connectivity index (χ1n) is 13.6. The third-order valence-electron chi connectivity index (χ3n) is 11.7. The Labute approximate surface area is 206 Å². The Bertz CT molecular complexity index is 897. The van der Waals surface area contributed by atoms with Crippen molar-refractivity contribution in [2.75, 3.05) is 6.61 Å². The van der Waals surface area contributed by atoms with Crippen LogP contribution in [-0.2, 0) is 4.79 Å². The Morgan fingerprint density at radius 3 is 2.41 bits per heavy atom. The van der Waals surface area contributed by atoms with E-state index >= 15 is 0 Å². The quantitative estimate of drug-likeness (QED) is 0.470. The summed E-state index contributed by atoms with van der Waals surface area (Å²) in [6.45, 7) is 15.1. The predicted molar refractivity (Wildman–Crippen MR) is 136 cm³/mol. The summed E-state index contributed by atoms with van der Waals surface area (Å²) in [5.74, 6) is 1.79. The van der Waals surface area contributed by atoms with E-state index in [0.717, 1.165) is 25.7 Å². The number of Topliss-reactive ketones (excluding diaryl/α,β-unsaturated/α-hetero) is 1. The number of hydrogen-bond acceptors (Lipinski definition) is 4. The molecule has 4 heteroatoms. The average molecular weight is 473 g/mol. The zero-order valence-electron chi connectivity index (χ0n) is 22.6. The van der Waals surface area contributed by atoms with Crippen LogP contribution >= 0.6 is 0 Å². The van der Waals surface area contributed by atoms with E-state index in [1.807, 2.05) is 0 Å². The van der Waals surface area contributed by atoms with E-state index in [4.69, 9.17) is 0 Å². The van der Waals surface area contributed by atoms with Gasteiger partial charge in [0.1, 0.15) is 11.4 Å². The summed E-state index contributed by atoms with van der Waals surface area (Å²) in [5, 5.41) is 30.0. The fourth-order valence-electron chi connectivity index (χ4n) is 8.80. The van der Waals surface area contributed by atoms with E-state index in [9.17, 15) is 20.1 Å². The topological polar surface area (TPSA) is 77.8 Å². The Balaban J connectivity index is 1.60. The van der Waals surface area contributed by atoms with E-state index in [0.29, 0.717) is 36.4 Å². The third-order valence-corrected chi connectivity index (χ3v) is 11.7. The summed E-state index contributed by atoms with van der Waals surface area (Å²) < 4.78 is 0. The van der Waals surface area contributed by atoms with E-state index in [2.05, 4.69) is 53.7 Å². The van der Waals surface area contributed by atoms with Gasteiger partial charge < -0.3 is 15.3 Å². The summed E-state index contributed by atoms with van der Waals surface area (Å²) in [6.07, 6.45) is 11.6. The van der Waals surface area contributed by atoms with Gasteiger partial charge in [-0.15, -0.1) is 0 Å². The van der Waals surface area contributed by atoms with Gasteiger partial charge in [0, 0.05) is 11.8 Å². The fraction of sp³-hybridized carbons (Fsp3) is 0.833. The molecule has 0 heterocycles. The van der Waals surface area contributed by atoms with Crippen LogP contribution in [0.3, 0.4) is 0 Å². The Morgan fingerprint density at radius 1 is 1.09 bits per heavy atom. The van der Waals surface area contributed by atoms with Crippen molar-refractivity contribution in [2.45, 2.75) is 112 Å². The molecule has 192 valence electrons. The van der Waals surface area contributed by atoms with Gasteiger partial charge in [-0.25, -0.2) is 0 Å². The third kappa shape index (κ3) is 3.53. The molecule has 0 aromatic carbocycles. The molecule has 0 amide bonds. The van der Waals surface area contributed by atoms with Crippen LogP contribution in [0.5, 0.6) is 0 Å². The van der Waals surface area contributed by atoms with Crippen LogP contribution in [-0.4, -0.2) is 39.4 Å². The van der Waals surface area contributed by atoms with Gasteiger partial charge in [0.05, 0.1) is 12.7 Å². The van der Waals surface area contributed by atoms with E-state index in [1.165, 1.54) is 25.3 Å². The molecule has 0 spiro atoms. The second kappa shape index (κ2) is 8.28. The molecule has 8 atom stereocenters. The van der Waals surface area contributed by atoms with Crippen molar-refractivity contribution in [3.63, 3.8) is 0 Å². The summed E-state index contributed by atoms with van der Waals surface area (Å²) in [5.41, 5.74) is 1.76. The minimum Gasteiger partial charge on any atom is -0.393 e. The monoisotopic (exact) mass is 472 g/mol. The molecule has 2 fully saturated rings. The summed E-state index contributed by atoms with van der Waals surface area (Å²) in [4.78, 5) is 12.8. The van der Waals surface area contributed by atoms with Crippen LogP contribution in [0.4, 0.5) is 0 Å². The molecule has 0 bridgehead atoms. The molecule has 4 nitrogen and oxygen atoms in total. The van der Waals surface area contributed by atoms with Gasteiger partial charge in [-0.2, -0.15) is 0 Å². The fourth-order valence-corrected chi connectivity index (χ4v) is 8.80. The number of aliphatic hydroxyl groups excluding tert-OH is 2. The molecule has 0 radical (unpaired) electrons. The molecule has 0 aromatic rings. The number of ketones is 1. The summed E-state index contributed by atoms with van der Waals surface area (Å²) >= 11 is 0. The lowest BCUT2D eigenvalue weighted by Crippen LogP contribution is -2.53. The highest BCUT2D eigenvalue weighted by Crippen LogP contribution is 2.71. The lowest BCUT2D eigenvalue weighted by atomic mass is 9.44. The van der Waals surface area contributed by atoms with E-state index in [1.54, 1.807) is 5.57 Å². The van der Waals surface area contributed by atoms with Crippen molar-refractivity contribution in [3.05, 3.63) is 23.3 Å². The van der Waals surface area contributed by atoms with Gasteiger partial charge in [-0.1, -0.05) is 53.7 Å². The number of fused-ring (bicyclic) bond motifs is 5. The van der Waals surface area contributed by atoms with Crippen LogP contribution in [0.15, 0.2) is 23.3 Å². The average Bonchev–Trinajstić information content (AvgIpc) is 3.06. The SMILES string of the molecule is CC(CCC(O)[C@](C)(O)CO)[C@H]1CC[C@@]2(C)C3=CC[C@H]4C(C)(C)C(=O)CC[C@]4(C)C3=CC[C@]12C. The number of carbonyl (C=O) groups excluding carboxylic acids is 1. The van der Waals surface area contributed by atoms with Crippen LogP contribution in [0.1, 0.15) is 99.8 Å². The van der Waals surface area contributed by atoms with Gasteiger partial charge in [0.2, 0.25) is 0 Å². The highest BCUT2D eigenvalue weighted by Gasteiger charge is 2.63. The van der Waals surface area contributed by atoms with Crippen molar-refractivity contribution in [1.29, 1.82) is 0 Å². The largest absolute Gasteiger partial charge is 0.393 e. The van der Waals surface area contributed by atoms with Crippen molar-refractivity contribution < 1.29 is 20.1 Å². The van der Waals surface area contributed by atoms with Gasteiger partial charge in [0.15, 0.2) is 0 Å². The molecule has 4 rings (SSSR count). The maximum atomic E-state index is 12.8. The second-order valence-electron chi connectivity index (χ2n) is 13.8. The molecule has 0 aliphatic heterocycles. The number of carbonyl (C=O) groups is 1. The molecule has 4 aliphatic carbocycles. The Hall–Kier alpha value is -0.970. The maximum Gasteiger partial charge on any atom is 0.138 e. The van der Waals surface area contributed by atoms with Gasteiger partial charge >= 0.3 is 0 Å². The minimum atomic E-state index is -1.44. The molecule has 0 aromatic heterocycles. The van der Waals surface area contributed by atoms with Crippen molar-refractivity contribution in [2.24, 2.45) is 39.4 Å². The van der Waals surface area contributed by atoms with Crippen molar-refractivity contribution in [3.8, 4) is 0 Å². The predicted octanol–water partition coefficient (Wildman–Crippen LogP) is 5.60. The smallest absolute Gasteiger partial charge is 0.138 e. The van der Waals surface area contributed by atoms with Crippen LogP contribution < -0.4 is 0 Å². The molecule has 0 saturated heterocycles. The first kappa shape index (κ1) is 26.1. The second-order valence-corrected chi connectivity index (χ2v) is 13.8. The summed E-state index contributed by atoms with van der Waals surface area (Å²) in [7, 11) is 0. The standard InChI is InChI=1S/C30H48O4/c1-19(8-11-25(33)30(7,34)18-31)20-12-16-29(6)22-9-10-23-26(2,3)24(32)14-15-27(23,4)21(22)13-17-28(20,29)5/h9,13,19-20,23,25,31,33-34H,8,10-12,14-18H2,1-7H3/t19?,20-,23+,25?,27-,28-,29+,30-/m1/s1. The first-order chi connectivity index (χ1) is 15.6. The molecule has 2 saturated carbocycles. The van der Waals surface area contributed by atoms with Crippen LogP contribution in [0, 0.1) is 39.4 Å². The summed E-state index contributed by atoms with van der Waals surface area (Å²) in [6, 6.07) is 0. The van der Waals surface area contributed by atoms with Crippen LogP contribution in [0.25, 0.3) is 0 Å². The molecular formula is C30H48O4. The lowest BCUT2D eigenvalue weighted by Gasteiger charge is -2.59. The minimum absolute atomic E-state index is 0.0789. The molecule has 3 N–H and O–H groups in total. The number of aliphatic hydroxyl groups is 3. The zero-order chi connectivity index (χ0) is 25.3. The van der Waals surface area contributed by atoms with Gasteiger partial charge in [0.25, 0.3) is 0 Å². The highest BCUT2D eigenvalue weighted by atomic mass is 16.4. The number of allylic oxidation sites excluding steroid dienone is 4. The lowest BCUT2D eigenvalue weighted by molar-refractivity contribution is -0.138. The van der Waals surface area contributed by atoms with Crippen molar-refractivity contribution in [1.82, 2.24) is 0 Å². The van der Waals surface area contributed by atoms with Gasteiger partial charge in [-0.05, 0) is 97.0 Å². The van der Waals surface area contributed by atoms with Gasteiger partial charge in [-0.3, -0.25) is 4.79 Å².